The number of nitrogens with zero attached hydrogens (tertiary/aromatic N) is 3. The van der Waals surface area contributed by atoms with Gasteiger partial charge < -0.3 is 20.0 Å². The van der Waals surface area contributed by atoms with Crippen LogP contribution >= 0.6 is 0 Å². The summed E-state index contributed by atoms with van der Waals surface area (Å²) in [6, 6.07) is 16.4. The summed E-state index contributed by atoms with van der Waals surface area (Å²) in [6.07, 6.45) is 6.69. The number of nitrogens with two attached hydrogens (primary N) is 1. The van der Waals surface area contributed by atoms with E-state index in [-0.39, 0.29) is 6.61 Å². The molecule has 1 atom stereocenters. The van der Waals surface area contributed by atoms with Gasteiger partial charge in [0.25, 0.3) is 0 Å². The van der Waals surface area contributed by atoms with Gasteiger partial charge in [-0.3, -0.25) is 9.89 Å². The Hall–Kier alpha value is -3.03. The van der Waals surface area contributed by atoms with Crippen LogP contribution in [-0.2, 0) is 6.42 Å². The van der Waals surface area contributed by atoms with Crippen molar-refractivity contribution in [3.63, 3.8) is 0 Å². The van der Waals surface area contributed by atoms with Gasteiger partial charge in [0.15, 0.2) is 0 Å². The maximum Gasteiger partial charge on any atom is 0.208 e. The third-order valence-electron chi connectivity index (χ3n) is 6.70. The highest BCUT2D eigenvalue weighted by molar-refractivity contribution is 6.03. The van der Waals surface area contributed by atoms with Crippen molar-refractivity contribution >= 4 is 28.5 Å². The number of aliphatic imine (C=N–C) groups is 1. The molecule has 2 aromatic carbocycles. The first-order chi connectivity index (χ1) is 16.6. The number of fused-ring (bicyclic) bond motifs is 1. The number of piperidine rings is 1. The van der Waals surface area contributed by atoms with Gasteiger partial charge >= 0.3 is 0 Å². The lowest BCUT2D eigenvalue weighted by atomic mass is 10.0. The highest BCUT2D eigenvalue weighted by Gasteiger charge is 2.23. The Morgan fingerprint density at radius 2 is 2.06 bits per heavy atom. The molecule has 7 heteroatoms. The first-order valence-corrected chi connectivity index (χ1v) is 12.2. The molecule has 0 aliphatic carbocycles. The second-order valence-electron chi connectivity index (χ2n) is 8.87. The highest BCUT2D eigenvalue weighted by Crippen LogP contribution is 2.37. The second-order valence-corrected chi connectivity index (χ2v) is 8.87. The number of aliphatic hydroxyl groups excluding tert-OH is 1. The van der Waals surface area contributed by atoms with Crippen LogP contribution in [0.15, 0.2) is 57.9 Å². The molecular formula is C27H36N4O3. The summed E-state index contributed by atoms with van der Waals surface area (Å²) in [5.74, 6) is 1.63. The van der Waals surface area contributed by atoms with Crippen molar-refractivity contribution in [2.24, 2.45) is 10.7 Å². The number of ether oxygens (including phenoxy) is 1. The minimum atomic E-state index is 0.264. The van der Waals surface area contributed by atoms with Gasteiger partial charge in [-0.1, -0.05) is 30.7 Å². The van der Waals surface area contributed by atoms with Crippen LogP contribution in [0.3, 0.4) is 0 Å². The molecule has 0 bridgehead atoms. The van der Waals surface area contributed by atoms with E-state index in [0.717, 1.165) is 55.4 Å². The van der Waals surface area contributed by atoms with Crippen LogP contribution in [0.1, 0.15) is 37.7 Å². The number of guanidine groups is 1. The van der Waals surface area contributed by atoms with E-state index in [0.29, 0.717) is 23.6 Å². The average molecular weight is 465 g/mol. The predicted molar refractivity (Wildman–Crippen MR) is 138 cm³/mol. The minimum absolute atomic E-state index is 0.264. The van der Waals surface area contributed by atoms with Crippen LogP contribution in [0.2, 0.25) is 0 Å². The van der Waals surface area contributed by atoms with Gasteiger partial charge in [0.05, 0.1) is 19.4 Å². The molecule has 4 rings (SSSR count). The van der Waals surface area contributed by atoms with E-state index in [2.05, 4.69) is 22.0 Å². The van der Waals surface area contributed by atoms with Crippen molar-refractivity contribution < 1.29 is 14.3 Å². The highest BCUT2D eigenvalue weighted by atomic mass is 16.5. The molecule has 3 aromatic rings. The van der Waals surface area contributed by atoms with Crippen molar-refractivity contribution in [3.05, 3.63) is 54.1 Å². The molecule has 34 heavy (non-hydrogen) atoms. The molecule has 7 nitrogen and oxygen atoms in total. The van der Waals surface area contributed by atoms with E-state index in [9.17, 15) is 5.11 Å². The fraction of sp³-hybridized carbons (Fsp3) is 0.444. The second kappa shape index (κ2) is 11.4. The zero-order valence-corrected chi connectivity index (χ0v) is 20.2. The number of aliphatic hydroxyl groups is 1. The fourth-order valence-electron chi connectivity index (χ4n) is 4.80. The number of rotatable bonds is 9. The Morgan fingerprint density at radius 3 is 2.82 bits per heavy atom. The standard InChI is InChI=1S/C27H36N4O3/c1-29-27(28)31(26-18-21-10-3-4-12-24(21)34-26)23-17-20(13-14-25(23)33-2)9-5-7-15-30-16-8-6-11-22(30)19-32/h3-4,10,12-14,17-18,22,32H,5-9,11,15-16,19H2,1-2H3,(H2,28,29). The fourth-order valence-corrected chi connectivity index (χ4v) is 4.80. The molecule has 1 aliphatic heterocycles. The maximum absolute atomic E-state index is 9.65. The molecule has 1 fully saturated rings. The molecular weight excluding hydrogens is 428 g/mol. The number of furan rings is 1. The first-order valence-electron chi connectivity index (χ1n) is 12.2. The normalized spacial score (nSPS) is 17.3. The molecule has 2 heterocycles. The number of unbranched alkanes of at least 4 members (excludes halogenated alkanes) is 1. The number of benzene rings is 2. The quantitative estimate of drug-likeness (QED) is 0.271. The van der Waals surface area contributed by atoms with Gasteiger partial charge in [-0.15, -0.1) is 0 Å². The molecule has 3 N–H and O–H groups in total. The lowest BCUT2D eigenvalue weighted by Crippen LogP contribution is -2.42. The molecule has 0 amide bonds. The molecule has 1 aromatic heterocycles. The first kappa shape index (κ1) is 24.1. The van der Waals surface area contributed by atoms with E-state index in [1.807, 2.05) is 41.3 Å². The number of hydrogen-bond donors (Lipinski definition) is 2. The summed E-state index contributed by atoms with van der Waals surface area (Å²) in [5, 5.41) is 10.6. The number of methoxy groups -OCH3 is 1. The smallest absolute Gasteiger partial charge is 0.208 e. The van der Waals surface area contributed by atoms with Gasteiger partial charge in [0.2, 0.25) is 11.8 Å². The third kappa shape index (κ3) is 5.37. The van der Waals surface area contributed by atoms with Gasteiger partial charge in [0, 0.05) is 24.5 Å². The zero-order chi connectivity index (χ0) is 23.9. The lowest BCUT2D eigenvalue weighted by molar-refractivity contribution is 0.0888. The van der Waals surface area contributed by atoms with Crippen molar-refractivity contribution in [2.75, 3.05) is 38.8 Å². The summed E-state index contributed by atoms with van der Waals surface area (Å²) in [6.45, 7) is 2.40. The van der Waals surface area contributed by atoms with Gasteiger partial charge in [-0.25, -0.2) is 4.90 Å². The zero-order valence-electron chi connectivity index (χ0n) is 20.2. The van der Waals surface area contributed by atoms with E-state index in [4.69, 9.17) is 14.9 Å². The Bertz CT molecular complexity index is 1080. The Labute approximate surface area is 201 Å². The molecule has 0 spiro atoms. The monoisotopic (exact) mass is 464 g/mol. The van der Waals surface area contributed by atoms with Crippen LogP contribution in [0.25, 0.3) is 11.0 Å². The molecule has 1 unspecified atom stereocenters. The van der Waals surface area contributed by atoms with Crippen LogP contribution in [-0.4, -0.2) is 55.9 Å². The van der Waals surface area contributed by atoms with Crippen molar-refractivity contribution in [2.45, 2.75) is 44.6 Å². The van der Waals surface area contributed by atoms with Gasteiger partial charge in [-0.05, 0) is 69.0 Å². The SMILES string of the molecule is CN=C(N)N(c1cc2ccccc2o1)c1cc(CCCCN2CCCCC2CO)ccc1OC. The molecule has 1 aliphatic rings. The average Bonchev–Trinajstić information content (AvgIpc) is 3.30. The lowest BCUT2D eigenvalue weighted by Gasteiger charge is -2.34. The van der Waals surface area contributed by atoms with Crippen LogP contribution in [0.5, 0.6) is 5.75 Å². The molecule has 182 valence electrons. The van der Waals surface area contributed by atoms with Gasteiger partial charge in [-0.2, -0.15) is 0 Å². The van der Waals surface area contributed by atoms with Gasteiger partial charge in [0.1, 0.15) is 11.3 Å². The van der Waals surface area contributed by atoms with Crippen molar-refractivity contribution in [1.82, 2.24) is 4.90 Å². The minimum Gasteiger partial charge on any atom is -0.495 e. The Morgan fingerprint density at radius 1 is 1.21 bits per heavy atom. The van der Waals surface area contributed by atoms with Crippen LogP contribution in [0, 0.1) is 0 Å². The third-order valence-corrected chi connectivity index (χ3v) is 6.70. The maximum atomic E-state index is 9.65. The number of aryl methyl sites for hydroxylation is 1. The van der Waals surface area contributed by atoms with Crippen molar-refractivity contribution in [3.8, 4) is 5.75 Å². The molecule has 0 saturated carbocycles. The largest absolute Gasteiger partial charge is 0.495 e. The number of anilines is 2. The van der Waals surface area contributed by atoms with Crippen LogP contribution in [0.4, 0.5) is 11.6 Å². The van der Waals surface area contributed by atoms with Crippen LogP contribution < -0.4 is 15.4 Å². The Kier molecular flexibility index (Phi) is 8.08. The summed E-state index contributed by atoms with van der Waals surface area (Å²) < 4.78 is 11.8. The topological polar surface area (TPSA) is 87.5 Å². The summed E-state index contributed by atoms with van der Waals surface area (Å²) in [7, 11) is 3.33. The number of hydrogen-bond acceptors (Lipinski definition) is 5. The number of likely N-dealkylation sites (tertiary alicyclic amines) is 1. The van der Waals surface area contributed by atoms with E-state index >= 15 is 0 Å². The van der Waals surface area contributed by atoms with E-state index in [1.165, 1.54) is 18.4 Å². The Balaban J connectivity index is 1.52. The van der Waals surface area contributed by atoms with E-state index in [1.54, 1.807) is 14.2 Å². The summed E-state index contributed by atoms with van der Waals surface area (Å²) in [5.41, 5.74) is 9.14. The number of para-hydroxylation sites is 1. The van der Waals surface area contributed by atoms with E-state index < -0.39 is 0 Å². The summed E-state index contributed by atoms with van der Waals surface area (Å²) in [4.78, 5) is 8.49. The predicted octanol–water partition coefficient (Wildman–Crippen LogP) is 4.69. The molecule has 1 saturated heterocycles. The van der Waals surface area contributed by atoms with Crippen molar-refractivity contribution in [1.29, 1.82) is 0 Å². The molecule has 0 radical (unpaired) electrons. The summed E-state index contributed by atoms with van der Waals surface area (Å²) >= 11 is 0.